The van der Waals surface area contributed by atoms with Crippen LogP contribution in [-0.4, -0.2) is 90.2 Å². The highest BCUT2D eigenvalue weighted by Crippen LogP contribution is 2.33. The number of piperidine rings is 2. The van der Waals surface area contributed by atoms with Gasteiger partial charge in [0.25, 0.3) is 0 Å². The van der Waals surface area contributed by atoms with Crippen molar-refractivity contribution in [3.63, 3.8) is 0 Å². The SMILES string of the molecule is CCOC1CCN(C(=O)C2CCC(Nc3nccc(-n4ccc5c(N6CCC(S(C)(=O)=O)CC6)cccc54)n3)CC2)CC1. The van der Waals surface area contributed by atoms with Gasteiger partial charge < -0.3 is 24.4 Å². The molecule has 6 rings (SSSR count). The molecule has 2 saturated heterocycles. The number of sulfone groups is 1. The second-order valence-corrected chi connectivity index (χ2v) is 14.6. The molecule has 1 N–H and O–H groups in total. The molecule has 232 valence electrons. The van der Waals surface area contributed by atoms with Gasteiger partial charge in [0, 0.05) is 74.5 Å². The van der Waals surface area contributed by atoms with Gasteiger partial charge in [0.05, 0.1) is 16.9 Å². The number of carbonyl (C=O) groups excluding carboxylic acids is 1. The zero-order valence-electron chi connectivity index (χ0n) is 25.3. The third kappa shape index (κ3) is 6.67. The van der Waals surface area contributed by atoms with Crippen LogP contribution in [0.2, 0.25) is 0 Å². The summed E-state index contributed by atoms with van der Waals surface area (Å²) in [5.74, 6) is 1.81. The summed E-state index contributed by atoms with van der Waals surface area (Å²) in [6.45, 7) is 5.83. The van der Waals surface area contributed by atoms with Gasteiger partial charge in [-0.2, -0.15) is 4.98 Å². The van der Waals surface area contributed by atoms with Crippen LogP contribution < -0.4 is 10.2 Å². The number of anilines is 2. The van der Waals surface area contributed by atoms with E-state index < -0.39 is 9.84 Å². The maximum atomic E-state index is 13.2. The minimum Gasteiger partial charge on any atom is -0.378 e. The number of likely N-dealkylation sites (tertiary alicyclic amines) is 1. The largest absolute Gasteiger partial charge is 0.378 e. The molecule has 1 amide bonds. The van der Waals surface area contributed by atoms with Gasteiger partial charge in [-0.3, -0.25) is 4.79 Å². The Labute approximate surface area is 254 Å². The van der Waals surface area contributed by atoms with Gasteiger partial charge in [-0.05, 0) is 82.6 Å². The average Bonchev–Trinajstić information content (AvgIpc) is 3.46. The van der Waals surface area contributed by atoms with Crippen molar-refractivity contribution in [2.24, 2.45) is 5.92 Å². The van der Waals surface area contributed by atoms with E-state index >= 15 is 0 Å². The highest BCUT2D eigenvalue weighted by Gasteiger charge is 2.32. The Balaban J connectivity index is 1.07. The Bertz CT molecular complexity index is 1520. The Morgan fingerprint density at radius 1 is 0.977 bits per heavy atom. The van der Waals surface area contributed by atoms with E-state index in [4.69, 9.17) is 9.72 Å². The molecule has 0 spiro atoms. The van der Waals surface area contributed by atoms with E-state index in [2.05, 4.69) is 44.0 Å². The Morgan fingerprint density at radius 2 is 1.72 bits per heavy atom. The second-order valence-electron chi connectivity index (χ2n) is 12.3. The van der Waals surface area contributed by atoms with Crippen molar-refractivity contribution in [2.75, 3.05) is 49.3 Å². The third-order valence-electron chi connectivity index (χ3n) is 9.55. The standard InChI is InChI=1S/C32H44N6O4S/c1-3-42-25-12-18-37(19-13-25)31(39)23-7-9-24(10-8-23)34-32-33-17-11-30(35-32)38-22-16-27-28(5-4-6-29(27)38)36-20-14-26(15-21-36)43(2,40)41/h4-6,11,16-17,22-26H,3,7-10,12-15,18-21H2,1-2H3,(H,33,34,35). The van der Waals surface area contributed by atoms with E-state index in [9.17, 15) is 13.2 Å². The van der Waals surface area contributed by atoms with Crippen molar-refractivity contribution in [3.05, 3.63) is 42.7 Å². The summed E-state index contributed by atoms with van der Waals surface area (Å²) < 4.78 is 31.9. The molecule has 11 heteroatoms. The molecule has 2 aliphatic heterocycles. The molecule has 43 heavy (non-hydrogen) atoms. The number of fused-ring (bicyclic) bond motifs is 1. The minimum atomic E-state index is -3.01. The molecule has 4 heterocycles. The Hall–Kier alpha value is -3.18. The molecule has 0 bridgehead atoms. The summed E-state index contributed by atoms with van der Waals surface area (Å²) in [5.41, 5.74) is 2.18. The van der Waals surface area contributed by atoms with Gasteiger partial charge in [0.15, 0.2) is 0 Å². The number of benzene rings is 1. The van der Waals surface area contributed by atoms with Crippen molar-refractivity contribution >= 4 is 38.3 Å². The van der Waals surface area contributed by atoms with Crippen molar-refractivity contribution in [1.29, 1.82) is 0 Å². The number of rotatable bonds is 8. The fourth-order valence-corrected chi connectivity index (χ4v) is 8.18. The molecule has 0 unspecified atom stereocenters. The van der Waals surface area contributed by atoms with Crippen LogP contribution >= 0.6 is 0 Å². The molecular formula is C32H44N6O4S. The van der Waals surface area contributed by atoms with Crippen LogP contribution in [0, 0.1) is 5.92 Å². The molecule has 3 aromatic rings. The number of aromatic nitrogens is 3. The summed E-state index contributed by atoms with van der Waals surface area (Å²) >= 11 is 0. The van der Waals surface area contributed by atoms with E-state index in [0.29, 0.717) is 30.8 Å². The van der Waals surface area contributed by atoms with Gasteiger partial charge >= 0.3 is 0 Å². The number of nitrogens with zero attached hydrogens (tertiary/aromatic N) is 5. The number of carbonyl (C=O) groups is 1. The number of amides is 1. The molecular weight excluding hydrogens is 564 g/mol. The molecule has 2 aromatic heterocycles. The maximum absolute atomic E-state index is 13.2. The molecule has 0 atom stereocenters. The summed E-state index contributed by atoms with van der Waals surface area (Å²) in [7, 11) is -3.01. The Kier molecular flexibility index (Phi) is 8.90. The maximum Gasteiger partial charge on any atom is 0.225 e. The van der Waals surface area contributed by atoms with Crippen molar-refractivity contribution in [1.82, 2.24) is 19.4 Å². The van der Waals surface area contributed by atoms with Gasteiger partial charge in [-0.15, -0.1) is 0 Å². The quantitative estimate of drug-likeness (QED) is 0.400. The normalized spacial score (nSPS) is 22.7. The van der Waals surface area contributed by atoms with E-state index in [1.807, 2.05) is 24.1 Å². The average molecular weight is 609 g/mol. The summed E-state index contributed by atoms with van der Waals surface area (Å²) in [4.78, 5) is 26.9. The minimum absolute atomic E-state index is 0.103. The van der Waals surface area contributed by atoms with Crippen LogP contribution in [0.5, 0.6) is 0 Å². The fourth-order valence-electron chi connectivity index (χ4n) is 7.11. The topological polar surface area (TPSA) is 110 Å². The number of hydrogen-bond acceptors (Lipinski definition) is 8. The predicted octanol–water partition coefficient (Wildman–Crippen LogP) is 4.43. The lowest BCUT2D eigenvalue weighted by molar-refractivity contribution is -0.139. The molecule has 1 aliphatic carbocycles. The number of ether oxygens (including phenoxy) is 1. The molecule has 3 fully saturated rings. The smallest absolute Gasteiger partial charge is 0.225 e. The third-order valence-corrected chi connectivity index (χ3v) is 11.2. The zero-order valence-corrected chi connectivity index (χ0v) is 26.1. The monoisotopic (exact) mass is 608 g/mol. The molecule has 1 saturated carbocycles. The van der Waals surface area contributed by atoms with Crippen LogP contribution in [0.25, 0.3) is 16.7 Å². The van der Waals surface area contributed by atoms with Crippen LogP contribution in [0.15, 0.2) is 42.7 Å². The summed E-state index contributed by atoms with van der Waals surface area (Å²) in [5, 5.41) is 4.41. The van der Waals surface area contributed by atoms with Gasteiger partial charge in [-0.1, -0.05) is 6.07 Å². The number of nitrogens with one attached hydrogen (secondary N) is 1. The predicted molar refractivity (Wildman–Crippen MR) is 170 cm³/mol. The van der Waals surface area contributed by atoms with Crippen LogP contribution in [0.4, 0.5) is 11.6 Å². The van der Waals surface area contributed by atoms with Crippen molar-refractivity contribution in [3.8, 4) is 5.82 Å². The van der Waals surface area contributed by atoms with Crippen LogP contribution in [0.3, 0.4) is 0 Å². The zero-order chi connectivity index (χ0) is 30.0. The summed E-state index contributed by atoms with van der Waals surface area (Å²) in [6.07, 6.45) is 12.3. The highest BCUT2D eigenvalue weighted by atomic mass is 32.2. The van der Waals surface area contributed by atoms with E-state index in [-0.39, 0.29) is 17.2 Å². The molecule has 10 nitrogen and oxygen atoms in total. The first-order valence-electron chi connectivity index (χ1n) is 15.8. The van der Waals surface area contributed by atoms with Crippen molar-refractivity contribution < 1.29 is 17.9 Å². The van der Waals surface area contributed by atoms with Gasteiger partial charge in [0.2, 0.25) is 11.9 Å². The fraction of sp³-hybridized carbons (Fsp3) is 0.594. The molecule has 0 radical (unpaired) electrons. The first-order chi connectivity index (χ1) is 20.8. The van der Waals surface area contributed by atoms with E-state index in [1.165, 1.54) is 6.26 Å². The first kappa shape index (κ1) is 29.9. The van der Waals surface area contributed by atoms with E-state index in [0.717, 1.165) is 93.7 Å². The lowest BCUT2D eigenvalue weighted by Crippen LogP contribution is -2.45. The van der Waals surface area contributed by atoms with E-state index in [1.54, 1.807) is 6.20 Å². The second kappa shape index (κ2) is 12.8. The van der Waals surface area contributed by atoms with Gasteiger partial charge in [0.1, 0.15) is 15.7 Å². The first-order valence-corrected chi connectivity index (χ1v) is 17.8. The Morgan fingerprint density at radius 3 is 2.42 bits per heavy atom. The lowest BCUT2D eigenvalue weighted by Gasteiger charge is -2.36. The summed E-state index contributed by atoms with van der Waals surface area (Å²) in [6, 6.07) is 10.5. The number of hydrogen-bond donors (Lipinski definition) is 1. The van der Waals surface area contributed by atoms with Crippen molar-refractivity contribution in [2.45, 2.75) is 75.7 Å². The van der Waals surface area contributed by atoms with Crippen LogP contribution in [-0.2, 0) is 19.4 Å². The van der Waals surface area contributed by atoms with Crippen LogP contribution in [0.1, 0.15) is 58.3 Å². The lowest BCUT2D eigenvalue weighted by atomic mass is 9.85. The van der Waals surface area contributed by atoms with Gasteiger partial charge in [-0.25, -0.2) is 13.4 Å². The highest BCUT2D eigenvalue weighted by molar-refractivity contribution is 7.91. The molecule has 1 aromatic carbocycles. The molecule has 3 aliphatic rings.